The Bertz CT molecular complexity index is 544. The van der Waals surface area contributed by atoms with Crippen LogP contribution in [0.4, 0.5) is 5.69 Å². The zero-order valence-corrected chi connectivity index (χ0v) is 9.78. The molecule has 0 aliphatic heterocycles. The van der Waals surface area contributed by atoms with E-state index in [0.717, 1.165) is 16.8 Å². The van der Waals surface area contributed by atoms with E-state index in [1.807, 2.05) is 42.5 Å². The van der Waals surface area contributed by atoms with Crippen molar-refractivity contribution in [3.8, 4) is 0 Å². The molecule has 0 aliphatic carbocycles. The number of benzene rings is 2. The molecule has 0 radical (unpaired) electrons. The summed E-state index contributed by atoms with van der Waals surface area (Å²) in [6.45, 7) is 0. The van der Waals surface area contributed by atoms with E-state index in [1.54, 1.807) is 18.3 Å². The Labute approximate surface area is 105 Å². The first-order valence-corrected chi connectivity index (χ1v) is 5.64. The first-order valence-electron chi connectivity index (χ1n) is 5.64. The molecule has 2 aromatic rings. The molecule has 2 rings (SSSR count). The highest BCUT2D eigenvalue weighted by molar-refractivity contribution is 5.81. The van der Waals surface area contributed by atoms with E-state index < -0.39 is 5.97 Å². The van der Waals surface area contributed by atoms with E-state index in [0.29, 0.717) is 0 Å². The molecule has 0 aromatic heterocycles. The quantitative estimate of drug-likeness (QED) is 0.833. The van der Waals surface area contributed by atoms with Crippen molar-refractivity contribution in [3.05, 3.63) is 65.7 Å². The molecule has 0 bridgehead atoms. The van der Waals surface area contributed by atoms with Crippen LogP contribution in [0, 0.1) is 0 Å². The third kappa shape index (κ3) is 3.56. The summed E-state index contributed by atoms with van der Waals surface area (Å²) in [5, 5.41) is 8.66. The minimum atomic E-state index is -0.824. The SMILES string of the molecule is O=C(O)Cc1ccc(N=Cc2ccccc2)cc1. The van der Waals surface area contributed by atoms with Crippen LogP contribution in [-0.4, -0.2) is 17.3 Å². The first kappa shape index (κ1) is 12.0. The zero-order chi connectivity index (χ0) is 12.8. The van der Waals surface area contributed by atoms with Crippen molar-refractivity contribution in [2.45, 2.75) is 6.42 Å². The molecule has 0 heterocycles. The summed E-state index contributed by atoms with van der Waals surface area (Å²) in [7, 11) is 0. The van der Waals surface area contributed by atoms with Crippen molar-refractivity contribution in [2.75, 3.05) is 0 Å². The molecular formula is C15H13NO2. The van der Waals surface area contributed by atoms with E-state index in [-0.39, 0.29) is 6.42 Å². The molecule has 3 nitrogen and oxygen atoms in total. The first-order chi connectivity index (χ1) is 8.74. The number of carboxylic acid groups (broad SMARTS) is 1. The topological polar surface area (TPSA) is 49.7 Å². The molecule has 0 fully saturated rings. The number of rotatable bonds is 4. The molecule has 0 aliphatic rings. The molecule has 1 N–H and O–H groups in total. The Balaban J connectivity index is 2.06. The van der Waals surface area contributed by atoms with Gasteiger partial charge in [0, 0.05) is 6.21 Å². The Kier molecular flexibility index (Phi) is 3.86. The van der Waals surface area contributed by atoms with Gasteiger partial charge in [-0.3, -0.25) is 9.79 Å². The Morgan fingerprint density at radius 1 is 1.06 bits per heavy atom. The van der Waals surface area contributed by atoms with E-state index in [9.17, 15) is 4.79 Å². The van der Waals surface area contributed by atoms with Crippen LogP contribution in [0.2, 0.25) is 0 Å². The maximum absolute atomic E-state index is 10.5. The highest BCUT2D eigenvalue weighted by Gasteiger charge is 1.99. The smallest absolute Gasteiger partial charge is 0.307 e. The van der Waals surface area contributed by atoms with E-state index in [1.165, 1.54) is 0 Å². The normalized spacial score (nSPS) is 10.7. The van der Waals surface area contributed by atoms with Gasteiger partial charge in [0.2, 0.25) is 0 Å². The van der Waals surface area contributed by atoms with Crippen molar-refractivity contribution in [1.29, 1.82) is 0 Å². The Morgan fingerprint density at radius 2 is 1.72 bits per heavy atom. The van der Waals surface area contributed by atoms with Crippen molar-refractivity contribution in [3.63, 3.8) is 0 Å². The predicted molar refractivity (Wildman–Crippen MR) is 71.5 cm³/mol. The van der Waals surface area contributed by atoms with E-state index in [2.05, 4.69) is 4.99 Å². The average Bonchev–Trinajstić information content (AvgIpc) is 2.38. The van der Waals surface area contributed by atoms with Gasteiger partial charge < -0.3 is 5.11 Å². The van der Waals surface area contributed by atoms with E-state index >= 15 is 0 Å². The third-order valence-electron chi connectivity index (χ3n) is 2.45. The molecule has 90 valence electrons. The number of nitrogens with zero attached hydrogens (tertiary/aromatic N) is 1. The van der Waals surface area contributed by atoms with Gasteiger partial charge in [0.15, 0.2) is 0 Å². The summed E-state index contributed by atoms with van der Waals surface area (Å²) in [6, 6.07) is 17.0. The van der Waals surface area contributed by atoms with Crippen molar-refractivity contribution in [2.24, 2.45) is 4.99 Å². The Morgan fingerprint density at radius 3 is 2.33 bits per heavy atom. The number of carboxylic acids is 1. The van der Waals surface area contributed by atoms with Gasteiger partial charge in [-0.05, 0) is 23.3 Å². The summed E-state index contributed by atoms with van der Waals surface area (Å²) in [5.74, 6) is -0.824. The molecule has 18 heavy (non-hydrogen) atoms. The molecule has 0 saturated carbocycles. The lowest BCUT2D eigenvalue weighted by molar-refractivity contribution is -0.136. The fourth-order valence-corrected chi connectivity index (χ4v) is 1.56. The van der Waals surface area contributed by atoms with Crippen molar-refractivity contribution in [1.82, 2.24) is 0 Å². The highest BCUT2D eigenvalue weighted by atomic mass is 16.4. The van der Waals surface area contributed by atoms with Crippen molar-refractivity contribution >= 4 is 17.9 Å². The molecule has 3 heteroatoms. The lowest BCUT2D eigenvalue weighted by atomic mass is 10.1. The minimum Gasteiger partial charge on any atom is -0.481 e. The Hall–Kier alpha value is -2.42. The van der Waals surface area contributed by atoms with Gasteiger partial charge in [-0.2, -0.15) is 0 Å². The third-order valence-corrected chi connectivity index (χ3v) is 2.45. The van der Waals surface area contributed by atoms with Crippen LogP contribution in [-0.2, 0) is 11.2 Å². The summed E-state index contributed by atoms with van der Waals surface area (Å²) in [5.41, 5.74) is 2.63. The fourth-order valence-electron chi connectivity index (χ4n) is 1.56. The standard InChI is InChI=1S/C15H13NO2/c17-15(18)10-12-6-8-14(9-7-12)16-11-13-4-2-1-3-5-13/h1-9,11H,10H2,(H,17,18). The lowest BCUT2D eigenvalue weighted by Crippen LogP contribution is -1.99. The molecule has 2 aromatic carbocycles. The van der Waals surface area contributed by atoms with Gasteiger partial charge in [0.25, 0.3) is 0 Å². The minimum absolute atomic E-state index is 0.0443. The average molecular weight is 239 g/mol. The second-order valence-corrected chi connectivity index (χ2v) is 3.91. The maximum Gasteiger partial charge on any atom is 0.307 e. The maximum atomic E-state index is 10.5. The van der Waals surface area contributed by atoms with Crippen LogP contribution < -0.4 is 0 Å². The summed E-state index contributed by atoms with van der Waals surface area (Å²) in [6.07, 6.45) is 1.83. The number of hydrogen-bond donors (Lipinski definition) is 1. The predicted octanol–water partition coefficient (Wildman–Crippen LogP) is 3.06. The molecule has 0 unspecified atom stereocenters. The molecule has 0 spiro atoms. The van der Waals surface area contributed by atoms with Crippen LogP contribution in [0.25, 0.3) is 0 Å². The van der Waals surface area contributed by atoms with Gasteiger partial charge in [0.05, 0.1) is 12.1 Å². The van der Waals surface area contributed by atoms with Crippen LogP contribution >= 0.6 is 0 Å². The fraction of sp³-hybridized carbons (Fsp3) is 0.0667. The molecule has 0 amide bonds. The summed E-state index contributed by atoms with van der Waals surface area (Å²) < 4.78 is 0. The zero-order valence-electron chi connectivity index (χ0n) is 9.78. The highest BCUT2D eigenvalue weighted by Crippen LogP contribution is 2.13. The van der Waals surface area contributed by atoms with Crippen LogP contribution in [0.5, 0.6) is 0 Å². The molecule has 0 saturated heterocycles. The summed E-state index contributed by atoms with van der Waals surface area (Å²) in [4.78, 5) is 14.9. The number of carbonyl (C=O) groups is 1. The van der Waals surface area contributed by atoms with Crippen LogP contribution in [0.15, 0.2) is 59.6 Å². The van der Waals surface area contributed by atoms with Crippen molar-refractivity contribution < 1.29 is 9.90 Å². The van der Waals surface area contributed by atoms with Gasteiger partial charge in [-0.15, -0.1) is 0 Å². The number of aliphatic imine (C=N–C) groups is 1. The largest absolute Gasteiger partial charge is 0.481 e. The van der Waals surface area contributed by atoms with E-state index in [4.69, 9.17) is 5.11 Å². The lowest BCUT2D eigenvalue weighted by Gasteiger charge is -1.98. The number of hydrogen-bond acceptors (Lipinski definition) is 2. The monoisotopic (exact) mass is 239 g/mol. The van der Waals surface area contributed by atoms with Crippen LogP contribution in [0.3, 0.4) is 0 Å². The molecule has 0 atom stereocenters. The van der Waals surface area contributed by atoms with Crippen LogP contribution in [0.1, 0.15) is 11.1 Å². The van der Waals surface area contributed by atoms with Gasteiger partial charge in [-0.25, -0.2) is 0 Å². The second kappa shape index (κ2) is 5.77. The van der Waals surface area contributed by atoms with Gasteiger partial charge in [0.1, 0.15) is 0 Å². The summed E-state index contributed by atoms with van der Waals surface area (Å²) >= 11 is 0. The van der Waals surface area contributed by atoms with Gasteiger partial charge >= 0.3 is 5.97 Å². The van der Waals surface area contributed by atoms with Gasteiger partial charge in [-0.1, -0.05) is 42.5 Å². The second-order valence-electron chi connectivity index (χ2n) is 3.91. The molecular weight excluding hydrogens is 226 g/mol. The number of aliphatic carboxylic acids is 1.